The number of aromatic nitrogens is 2. The van der Waals surface area contributed by atoms with Crippen molar-refractivity contribution in [3.8, 4) is 0 Å². The minimum Gasteiger partial charge on any atom is -0.325 e. The molecule has 0 atom stereocenters. The molecular weight excluding hydrogens is 390 g/mol. The van der Waals surface area contributed by atoms with Gasteiger partial charge >= 0.3 is 0 Å². The van der Waals surface area contributed by atoms with E-state index in [1.807, 2.05) is 38.1 Å². The van der Waals surface area contributed by atoms with Gasteiger partial charge in [-0.15, -0.1) is 11.3 Å². The number of fused-ring (bicyclic) bond motifs is 3. The Bertz CT molecular complexity index is 1100. The van der Waals surface area contributed by atoms with E-state index in [0.717, 1.165) is 47.2 Å². The highest BCUT2D eigenvalue weighted by atomic mass is 32.2. The van der Waals surface area contributed by atoms with E-state index in [1.54, 1.807) is 15.9 Å². The molecule has 0 fully saturated rings. The fourth-order valence-corrected chi connectivity index (χ4v) is 5.77. The molecule has 0 saturated heterocycles. The first-order chi connectivity index (χ1) is 13.6. The molecule has 146 valence electrons. The van der Waals surface area contributed by atoms with E-state index in [9.17, 15) is 9.59 Å². The van der Waals surface area contributed by atoms with E-state index in [4.69, 9.17) is 4.98 Å². The summed E-state index contributed by atoms with van der Waals surface area (Å²) in [4.78, 5) is 32.4. The number of benzene rings is 1. The van der Waals surface area contributed by atoms with E-state index >= 15 is 0 Å². The lowest BCUT2D eigenvalue weighted by Gasteiger charge is -2.11. The molecule has 0 radical (unpaired) electrons. The summed E-state index contributed by atoms with van der Waals surface area (Å²) in [7, 11) is 0. The van der Waals surface area contributed by atoms with Crippen LogP contribution in [0.15, 0.2) is 34.2 Å². The van der Waals surface area contributed by atoms with Gasteiger partial charge in [0, 0.05) is 17.1 Å². The van der Waals surface area contributed by atoms with Gasteiger partial charge in [0.2, 0.25) is 5.91 Å². The Morgan fingerprint density at radius 2 is 2.21 bits per heavy atom. The maximum atomic E-state index is 13.1. The van der Waals surface area contributed by atoms with Crippen molar-refractivity contribution >= 4 is 44.9 Å². The average Bonchev–Trinajstić information content (AvgIpc) is 3.23. The molecule has 28 heavy (non-hydrogen) atoms. The summed E-state index contributed by atoms with van der Waals surface area (Å²) in [5, 5.41) is 4.36. The van der Waals surface area contributed by atoms with Crippen LogP contribution in [-0.2, 0) is 24.2 Å². The number of thiophene rings is 1. The number of rotatable bonds is 6. The number of aryl methyl sites for hydroxylation is 3. The third-order valence-electron chi connectivity index (χ3n) is 4.87. The van der Waals surface area contributed by atoms with Crippen LogP contribution in [-0.4, -0.2) is 21.2 Å². The van der Waals surface area contributed by atoms with Crippen LogP contribution < -0.4 is 10.9 Å². The van der Waals surface area contributed by atoms with Crippen LogP contribution >= 0.6 is 23.1 Å². The number of anilines is 1. The number of amides is 1. The highest BCUT2D eigenvalue weighted by Gasteiger charge is 2.23. The standard InChI is InChI=1S/C21H23N3O2S2/c1-3-10-24-20(26)18-15-8-5-9-16(15)28-19(18)23-21(24)27-12-17(25)22-14-7-4-6-13(2)11-14/h4,6-7,11H,3,5,8-10,12H2,1-2H3,(H,22,25). The van der Waals surface area contributed by atoms with Crippen molar-refractivity contribution in [2.24, 2.45) is 0 Å². The number of thioether (sulfide) groups is 1. The summed E-state index contributed by atoms with van der Waals surface area (Å²) in [6.45, 7) is 4.66. The van der Waals surface area contributed by atoms with E-state index in [2.05, 4.69) is 5.32 Å². The molecular formula is C21H23N3O2S2. The Balaban J connectivity index is 1.58. The maximum Gasteiger partial charge on any atom is 0.263 e. The normalized spacial score (nSPS) is 13.1. The maximum absolute atomic E-state index is 13.1. The van der Waals surface area contributed by atoms with E-state index in [1.165, 1.54) is 22.2 Å². The third kappa shape index (κ3) is 3.73. The van der Waals surface area contributed by atoms with Gasteiger partial charge in [-0.1, -0.05) is 30.8 Å². The van der Waals surface area contributed by atoms with Gasteiger partial charge in [0.25, 0.3) is 5.56 Å². The minimum atomic E-state index is -0.0957. The van der Waals surface area contributed by atoms with Gasteiger partial charge in [-0.3, -0.25) is 14.2 Å². The molecule has 0 bridgehead atoms. The number of nitrogens with zero attached hydrogens (tertiary/aromatic N) is 2. The molecule has 3 aromatic rings. The van der Waals surface area contributed by atoms with Gasteiger partial charge in [0.15, 0.2) is 5.16 Å². The first-order valence-corrected chi connectivity index (χ1v) is 11.4. The Morgan fingerprint density at radius 1 is 1.36 bits per heavy atom. The number of hydrogen-bond donors (Lipinski definition) is 1. The average molecular weight is 414 g/mol. The fraction of sp³-hybridized carbons (Fsp3) is 0.381. The molecule has 5 nitrogen and oxygen atoms in total. The predicted octanol–water partition coefficient (Wildman–Crippen LogP) is 4.40. The Morgan fingerprint density at radius 3 is 3.00 bits per heavy atom. The molecule has 4 rings (SSSR count). The highest BCUT2D eigenvalue weighted by Crippen LogP contribution is 2.35. The third-order valence-corrected chi connectivity index (χ3v) is 7.03. The summed E-state index contributed by atoms with van der Waals surface area (Å²) in [5.41, 5.74) is 3.14. The molecule has 1 aliphatic carbocycles. The second kappa shape index (κ2) is 8.09. The molecule has 2 heterocycles. The van der Waals surface area contributed by atoms with Gasteiger partial charge in [-0.2, -0.15) is 0 Å². The molecule has 1 aliphatic rings. The van der Waals surface area contributed by atoms with E-state index in [-0.39, 0.29) is 17.2 Å². The summed E-state index contributed by atoms with van der Waals surface area (Å²) in [6, 6.07) is 7.72. The van der Waals surface area contributed by atoms with Gasteiger partial charge in [0.1, 0.15) is 4.83 Å². The van der Waals surface area contributed by atoms with Crippen LogP contribution in [0.25, 0.3) is 10.2 Å². The summed E-state index contributed by atoms with van der Waals surface area (Å²) >= 11 is 2.98. The molecule has 0 aliphatic heterocycles. The molecule has 2 aromatic heterocycles. The summed E-state index contributed by atoms with van der Waals surface area (Å²) in [6.07, 6.45) is 4.00. The molecule has 7 heteroatoms. The zero-order valence-electron chi connectivity index (χ0n) is 16.1. The van der Waals surface area contributed by atoms with Gasteiger partial charge in [-0.25, -0.2) is 4.98 Å². The van der Waals surface area contributed by atoms with Crippen molar-refractivity contribution in [1.82, 2.24) is 9.55 Å². The van der Waals surface area contributed by atoms with Crippen LogP contribution in [0.1, 0.15) is 35.8 Å². The lowest BCUT2D eigenvalue weighted by atomic mass is 10.2. The van der Waals surface area contributed by atoms with Crippen LogP contribution in [0, 0.1) is 6.92 Å². The second-order valence-corrected chi connectivity index (χ2v) is 9.12. The van der Waals surface area contributed by atoms with Crippen molar-refractivity contribution in [3.05, 3.63) is 50.6 Å². The smallest absolute Gasteiger partial charge is 0.263 e. The van der Waals surface area contributed by atoms with Crippen LogP contribution in [0.4, 0.5) is 5.69 Å². The SMILES string of the molecule is CCCn1c(SCC(=O)Nc2cccc(C)c2)nc2sc3c(c2c1=O)CCC3. The molecule has 1 aromatic carbocycles. The lowest BCUT2D eigenvalue weighted by Crippen LogP contribution is -2.24. The van der Waals surface area contributed by atoms with Crippen molar-refractivity contribution in [2.45, 2.75) is 51.2 Å². The first kappa shape index (κ1) is 19.2. The first-order valence-electron chi connectivity index (χ1n) is 9.61. The van der Waals surface area contributed by atoms with Gasteiger partial charge < -0.3 is 5.32 Å². The number of carbonyl (C=O) groups excluding carboxylic acids is 1. The van der Waals surface area contributed by atoms with Crippen molar-refractivity contribution in [1.29, 1.82) is 0 Å². The number of carbonyl (C=O) groups is 1. The summed E-state index contributed by atoms with van der Waals surface area (Å²) in [5.74, 6) is 0.127. The Labute approximate surface area is 172 Å². The lowest BCUT2D eigenvalue weighted by molar-refractivity contribution is -0.113. The number of nitrogens with one attached hydrogen (secondary N) is 1. The predicted molar refractivity (Wildman–Crippen MR) is 117 cm³/mol. The topological polar surface area (TPSA) is 64.0 Å². The largest absolute Gasteiger partial charge is 0.325 e. The molecule has 0 saturated carbocycles. The highest BCUT2D eigenvalue weighted by molar-refractivity contribution is 7.99. The molecule has 0 unspecified atom stereocenters. The van der Waals surface area contributed by atoms with Gasteiger partial charge in [0.05, 0.1) is 11.1 Å². The van der Waals surface area contributed by atoms with Crippen LogP contribution in [0.3, 0.4) is 0 Å². The molecule has 1 N–H and O–H groups in total. The van der Waals surface area contributed by atoms with E-state index in [0.29, 0.717) is 11.7 Å². The minimum absolute atomic E-state index is 0.0489. The Kier molecular flexibility index (Phi) is 5.55. The zero-order chi connectivity index (χ0) is 19.7. The second-order valence-electron chi connectivity index (χ2n) is 7.09. The van der Waals surface area contributed by atoms with Crippen molar-refractivity contribution in [3.63, 3.8) is 0 Å². The molecule has 0 spiro atoms. The molecule has 1 amide bonds. The summed E-state index contributed by atoms with van der Waals surface area (Å²) < 4.78 is 1.75. The Hall–Kier alpha value is -2.12. The quantitative estimate of drug-likeness (QED) is 0.481. The monoisotopic (exact) mass is 413 g/mol. The zero-order valence-corrected chi connectivity index (χ0v) is 17.7. The van der Waals surface area contributed by atoms with Gasteiger partial charge in [-0.05, 0) is 55.9 Å². The van der Waals surface area contributed by atoms with Crippen molar-refractivity contribution in [2.75, 3.05) is 11.1 Å². The van der Waals surface area contributed by atoms with Crippen LogP contribution in [0.5, 0.6) is 0 Å². The van der Waals surface area contributed by atoms with Crippen LogP contribution in [0.2, 0.25) is 0 Å². The van der Waals surface area contributed by atoms with E-state index < -0.39 is 0 Å². The number of hydrogen-bond acceptors (Lipinski definition) is 5. The fourth-order valence-electron chi connectivity index (χ4n) is 3.64. The van der Waals surface area contributed by atoms with Crippen molar-refractivity contribution < 1.29 is 4.79 Å².